The zero-order valence-electron chi connectivity index (χ0n) is 18.8. The van der Waals surface area contributed by atoms with Gasteiger partial charge in [0.1, 0.15) is 5.75 Å². The van der Waals surface area contributed by atoms with E-state index in [0.717, 1.165) is 43.8 Å². The molecule has 1 amide bonds. The third kappa shape index (κ3) is 7.95. The van der Waals surface area contributed by atoms with E-state index in [2.05, 4.69) is 30.9 Å². The molecule has 168 valence electrons. The van der Waals surface area contributed by atoms with Crippen molar-refractivity contribution in [2.24, 2.45) is 11.8 Å². The van der Waals surface area contributed by atoms with E-state index in [0.29, 0.717) is 19.5 Å². The van der Waals surface area contributed by atoms with E-state index in [-0.39, 0.29) is 24.2 Å². The summed E-state index contributed by atoms with van der Waals surface area (Å²) in [5, 5.41) is 9.31. The Hall–Kier alpha value is -2.12. The van der Waals surface area contributed by atoms with Crippen LogP contribution in [0.2, 0.25) is 0 Å². The molecule has 7 nitrogen and oxygen atoms in total. The van der Waals surface area contributed by atoms with Crippen LogP contribution in [-0.2, 0) is 16.0 Å². The summed E-state index contributed by atoms with van der Waals surface area (Å²) in [7, 11) is 7.85. The molecule has 30 heavy (non-hydrogen) atoms. The first kappa shape index (κ1) is 24.2. The van der Waals surface area contributed by atoms with Crippen molar-refractivity contribution < 1.29 is 19.4 Å². The second-order valence-corrected chi connectivity index (χ2v) is 8.67. The highest BCUT2D eigenvalue weighted by Crippen LogP contribution is 2.30. The number of hydrogen-bond acceptors (Lipinski definition) is 5. The highest BCUT2D eigenvalue weighted by molar-refractivity contribution is 5.79. The van der Waals surface area contributed by atoms with Crippen molar-refractivity contribution in [2.75, 3.05) is 61.0 Å². The van der Waals surface area contributed by atoms with Crippen molar-refractivity contribution in [3.8, 4) is 5.75 Å². The fourth-order valence-electron chi connectivity index (χ4n) is 4.03. The fraction of sp³-hybridized carbons (Fsp3) is 0.652. The van der Waals surface area contributed by atoms with Gasteiger partial charge in [-0.3, -0.25) is 9.59 Å². The number of carboxylic acid groups (broad SMARTS) is 1. The molecule has 1 aromatic carbocycles. The van der Waals surface area contributed by atoms with Crippen LogP contribution in [0.4, 0.5) is 0 Å². The number of hydrogen-bond donors (Lipinski definition) is 1. The summed E-state index contributed by atoms with van der Waals surface area (Å²) in [6, 6.07) is 7.58. The maximum atomic E-state index is 12.9. The van der Waals surface area contributed by atoms with Gasteiger partial charge in [-0.25, -0.2) is 0 Å². The molecule has 0 radical (unpaired) electrons. The van der Waals surface area contributed by atoms with Crippen LogP contribution in [0.1, 0.15) is 24.8 Å². The molecule has 1 saturated heterocycles. The third-order valence-corrected chi connectivity index (χ3v) is 6.01. The zero-order chi connectivity index (χ0) is 22.1. The average Bonchev–Trinajstić information content (AvgIpc) is 2.71. The number of amides is 1. The SMILES string of the molecule is COc1ccc(CC(=O)N2CC[C@@H](CC(=O)O)[C@H](CCN(C)CCN(C)C)C2)cc1. The normalized spacial score (nSPS) is 19.3. The van der Waals surface area contributed by atoms with Gasteiger partial charge >= 0.3 is 5.97 Å². The Balaban J connectivity index is 1.94. The number of nitrogens with zero attached hydrogens (tertiary/aromatic N) is 3. The molecule has 1 heterocycles. The van der Waals surface area contributed by atoms with Gasteiger partial charge in [0, 0.05) is 32.6 Å². The quantitative estimate of drug-likeness (QED) is 0.592. The summed E-state index contributed by atoms with van der Waals surface area (Å²) in [6.45, 7) is 4.17. The average molecular weight is 420 g/mol. The molecule has 7 heteroatoms. The molecule has 0 aliphatic carbocycles. The maximum absolute atomic E-state index is 12.9. The summed E-state index contributed by atoms with van der Waals surface area (Å²) >= 11 is 0. The van der Waals surface area contributed by atoms with Crippen molar-refractivity contribution in [1.29, 1.82) is 0 Å². The van der Waals surface area contributed by atoms with Crippen molar-refractivity contribution in [3.05, 3.63) is 29.8 Å². The lowest BCUT2D eigenvalue weighted by atomic mass is 9.81. The topological polar surface area (TPSA) is 73.3 Å². The summed E-state index contributed by atoms with van der Waals surface area (Å²) < 4.78 is 5.17. The van der Waals surface area contributed by atoms with Crippen LogP contribution in [0.15, 0.2) is 24.3 Å². The number of carboxylic acids is 1. The van der Waals surface area contributed by atoms with Crippen molar-refractivity contribution in [3.63, 3.8) is 0 Å². The van der Waals surface area contributed by atoms with Crippen LogP contribution in [0, 0.1) is 11.8 Å². The lowest BCUT2D eigenvalue weighted by Crippen LogP contribution is -2.45. The monoisotopic (exact) mass is 419 g/mol. The molecule has 0 spiro atoms. The van der Waals surface area contributed by atoms with Crippen LogP contribution < -0.4 is 4.74 Å². The van der Waals surface area contributed by atoms with Crippen LogP contribution in [0.3, 0.4) is 0 Å². The van der Waals surface area contributed by atoms with E-state index in [1.807, 2.05) is 29.2 Å². The van der Waals surface area contributed by atoms with Crippen LogP contribution in [-0.4, -0.2) is 92.7 Å². The number of carbonyl (C=O) groups is 2. The fourth-order valence-corrected chi connectivity index (χ4v) is 4.03. The standard InChI is InChI=1S/C23H37N3O4/c1-24(2)13-14-25(3)11-9-20-17-26(12-10-19(20)16-23(28)29)22(27)15-18-5-7-21(30-4)8-6-18/h5-8,19-20H,9-17H2,1-4H3,(H,28,29)/t19-,20+/m0/s1. The van der Waals surface area contributed by atoms with Crippen LogP contribution in [0.25, 0.3) is 0 Å². The van der Waals surface area contributed by atoms with Gasteiger partial charge in [0.2, 0.25) is 5.91 Å². The Kier molecular flexibility index (Phi) is 9.59. The van der Waals surface area contributed by atoms with E-state index in [1.54, 1.807) is 7.11 Å². The number of benzene rings is 1. The molecule has 2 atom stereocenters. The molecule has 2 rings (SSSR count). The summed E-state index contributed by atoms with van der Waals surface area (Å²) in [5.41, 5.74) is 0.966. The van der Waals surface area contributed by atoms with Crippen molar-refractivity contribution >= 4 is 11.9 Å². The molecule has 1 aliphatic heterocycles. The van der Waals surface area contributed by atoms with Gasteiger partial charge < -0.3 is 24.5 Å². The van der Waals surface area contributed by atoms with Crippen molar-refractivity contribution in [1.82, 2.24) is 14.7 Å². The van der Waals surface area contributed by atoms with Gasteiger partial charge in [0.15, 0.2) is 0 Å². The number of piperidine rings is 1. The molecule has 0 unspecified atom stereocenters. The minimum atomic E-state index is -0.746. The molecule has 0 aromatic heterocycles. The van der Waals surface area contributed by atoms with Crippen molar-refractivity contribution in [2.45, 2.75) is 25.7 Å². The van der Waals surface area contributed by atoms with E-state index in [9.17, 15) is 14.7 Å². The Bertz CT molecular complexity index is 678. The number of methoxy groups -OCH3 is 1. The Morgan fingerprint density at radius 2 is 1.80 bits per heavy atom. The Morgan fingerprint density at radius 3 is 2.40 bits per heavy atom. The predicted molar refractivity (Wildman–Crippen MR) is 118 cm³/mol. The van der Waals surface area contributed by atoms with E-state index < -0.39 is 5.97 Å². The summed E-state index contributed by atoms with van der Waals surface area (Å²) in [4.78, 5) is 30.6. The number of likely N-dealkylation sites (N-methyl/N-ethyl adjacent to an activating group) is 2. The smallest absolute Gasteiger partial charge is 0.303 e. The Morgan fingerprint density at radius 1 is 1.10 bits per heavy atom. The third-order valence-electron chi connectivity index (χ3n) is 6.01. The number of likely N-dealkylation sites (tertiary alicyclic amines) is 1. The molecule has 1 N–H and O–H groups in total. The second-order valence-electron chi connectivity index (χ2n) is 8.67. The number of rotatable bonds is 11. The predicted octanol–water partition coefficient (Wildman–Crippen LogP) is 2.06. The van der Waals surface area contributed by atoms with Crippen LogP contribution >= 0.6 is 0 Å². The first-order valence-electron chi connectivity index (χ1n) is 10.7. The van der Waals surface area contributed by atoms with Gasteiger partial charge in [-0.2, -0.15) is 0 Å². The molecular formula is C23H37N3O4. The molecule has 1 aliphatic rings. The lowest BCUT2D eigenvalue weighted by molar-refractivity contribution is -0.139. The largest absolute Gasteiger partial charge is 0.497 e. The summed E-state index contributed by atoms with van der Waals surface area (Å²) in [6.07, 6.45) is 2.22. The molecule has 0 bridgehead atoms. The van der Waals surface area contributed by atoms with Gasteiger partial charge in [-0.1, -0.05) is 12.1 Å². The number of ether oxygens (including phenoxy) is 1. The Labute approximate surface area is 180 Å². The lowest BCUT2D eigenvalue weighted by Gasteiger charge is -2.39. The molecule has 1 aromatic rings. The first-order valence-corrected chi connectivity index (χ1v) is 10.7. The van der Waals surface area contributed by atoms with E-state index in [4.69, 9.17) is 4.74 Å². The number of carbonyl (C=O) groups excluding carboxylic acids is 1. The molecule has 1 fully saturated rings. The number of aliphatic carboxylic acids is 1. The highest BCUT2D eigenvalue weighted by atomic mass is 16.5. The second kappa shape index (κ2) is 11.9. The van der Waals surface area contributed by atoms with E-state index >= 15 is 0 Å². The van der Waals surface area contributed by atoms with Gasteiger partial charge in [-0.15, -0.1) is 0 Å². The first-order chi connectivity index (χ1) is 14.3. The van der Waals surface area contributed by atoms with Crippen LogP contribution in [0.5, 0.6) is 5.75 Å². The highest BCUT2D eigenvalue weighted by Gasteiger charge is 2.32. The minimum absolute atomic E-state index is 0.111. The van der Waals surface area contributed by atoms with E-state index in [1.165, 1.54) is 0 Å². The zero-order valence-corrected chi connectivity index (χ0v) is 18.8. The van der Waals surface area contributed by atoms with Gasteiger partial charge in [-0.05, 0) is 70.1 Å². The minimum Gasteiger partial charge on any atom is -0.497 e. The van der Waals surface area contributed by atoms with Gasteiger partial charge in [0.05, 0.1) is 13.5 Å². The maximum Gasteiger partial charge on any atom is 0.303 e. The molecule has 0 saturated carbocycles. The van der Waals surface area contributed by atoms with Gasteiger partial charge in [0.25, 0.3) is 0 Å². The summed E-state index contributed by atoms with van der Waals surface area (Å²) in [5.74, 6) is 0.495. The molecular weight excluding hydrogens is 382 g/mol.